The van der Waals surface area contributed by atoms with Gasteiger partial charge in [-0.1, -0.05) is 12.1 Å². The zero-order valence-corrected chi connectivity index (χ0v) is 23.5. The van der Waals surface area contributed by atoms with Crippen molar-refractivity contribution >= 4 is 34.6 Å². The number of methoxy groups -OCH3 is 1. The lowest BCUT2D eigenvalue weighted by Crippen LogP contribution is -2.29. The number of amides is 1. The van der Waals surface area contributed by atoms with Crippen molar-refractivity contribution in [2.75, 3.05) is 23.9 Å². The summed E-state index contributed by atoms with van der Waals surface area (Å²) in [5, 5.41) is 7.07. The highest BCUT2D eigenvalue weighted by atomic mass is 32.1. The van der Waals surface area contributed by atoms with E-state index in [4.69, 9.17) is 17.0 Å². The van der Waals surface area contributed by atoms with Gasteiger partial charge in [0.15, 0.2) is 5.11 Å². The van der Waals surface area contributed by atoms with Crippen molar-refractivity contribution in [1.82, 2.24) is 19.9 Å². The number of ether oxygens (including phenoxy) is 1. The maximum absolute atomic E-state index is 12.1. The lowest BCUT2D eigenvalue weighted by molar-refractivity contribution is -0.119. The Bertz CT molecular complexity index is 1530. The van der Waals surface area contributed by atoms with Crippen LogP contribution in [0.5, 0.6) is 0 Å². The van der Waals surface area contributed by atoms with E-state index in [1.54, 1.807) is 0 Å². The SMILES string of the molecule is COCC(=O)Nc1ccc(N2C(=S)N[C@@H](c3ccccn3)[C@@H]2c2cc(C)n(-c3ncccc3C)c2C)cc1C. The third-order valence-electron chi connectivity index (χ3n) is 7.12. The average molecular weight is 541 g/mol. The number of carbonyl (C=O) groups excluding carboxylic acids is 1. The number of aromatic nitrogens is 3. The third-order valence-corrected chi connectivity index (χ3v) is 7.43. The number of rotatable bonds is 7. The van der Waals surface area contributed by atoms with Gasteiger partial charge in [-0.3, -0.25) is 9.78 Å². The van der Waals surface area contributed by atoms with Gasteiger partial charge >= 0.3 is 0 Å². The normalized spacial score (nSPS) is 16.8. The Balaban J connectivity index is 1.62. The summed E-state index contributed by atoms with van der Waals surface area (Å²) in [7, 11) is 1.50. The molecular formula is C30H32N6O2S. The predicted molar refractivity (Wildman–Crippen MR) is 157 cm³/mol. The van der Waals surface area contributed by atoms with Gasteiger partial charge in [0.05, 0.1) is 17.8 Å². The highest BCUT2D eigenvalue weighted by Crippen LogP contribution is 2.44. The van der Waals surface area contributed by atoms with Crippen molar-refractivity contribution in [2.24, 2.45) is 0 Å². The van der Waals surface area contributed by atoms with Crippen molar-refractivity contribution in [3.63, 3.8) is 0 Å². The van der Waals surface area contributed by atoms with Crippen molar-refractivity contribution in [2.45, 2.75) is 39.8 Å². The van der Waals surface area contributed by atoms with E-state index in [2.05, 4.69) is 63.0 Å². The van der Waals surface area contributed by atoms with Gasteiger partial charge in [-0.25, -0.2) is 4.98 Å². The van der Waals surface area contributed by atoms with Crippen LogP contribution in [-0.2, 0) is 9.53 Å². The van der Waals surface area contributed by atoms with Crippen LogP contribution >= 0.6 is 12.2 Å². The molecule has 0 unspecified atom stereocenters. The predicted octanol–water partition coefficient (Wildman–Crippen LogP) is 5.26. The largest absolute Gasteiger partial charge is 0.375 e. The molecule has 39 heavy (non-hydrogen) atoms. The van der Waals surface area contributed by atoms with Gasteiger partial charge in [0.2, 0.25) is 5.91 Å². The van der Waals surface area contributed by atoms with Crippen LogP contribution in [-0.4, -0.2) is 39.3 Å². The number of nitrogens with one attached hydrogen (secondary N) is 2. The molecule has 1 aliphatic heterocycles. The molecule has 0 aliphatic carbocycles. The number of thiocarbonyl (C=S) groups is 1. The Morgan fingerprint density at radius 2 is 1.82 bits per heavy atom. The van der Waals surface area contributed by atoms with Crippen LogP contribution in [0.3, 0.4) is 0 Å². The van der Waals surface area contributed by atoms with E-state index in [1.165, 1.54) is 7.11 Å². The fourth-order valence-electron chi connectivity index (χ4n) is 5.33. The molecule has 2 atom stereocenters. The number of hydrogen-bond acceptors (Lipinski definition) is 5. The Morgan fingerprint density at radius 1 is 1.03 bits per heavy atom. The number of carbonyl (C=O) groups is 1. The highest BCUT2D eigenvalue weighted by Gasteiger charge is 2.42. The second-order valence-corrected chi connectivity index (χ2v) is 10.2. The van der Waals surface area contributed by atoms with E-state index in [1.807, 2.05) is 61.8 Å². The van der Waals surface area contributed by atoms with Crippen LogP contribution in [0, 0.1) is 27.7 Å². The highest BCUT2D eigenvalue weighted by molar-refractivity contribution is 7.80. The van der Waals surface area contributed by atoms with E-state index in [-0.39, 0.29) is 24.6 Å². The van der Waals surface area contributed by atoms with Crippen molar-refractivity contribution in [3.05, 3.63) is 101 Å². The molecule has 0 spiro atoms. The van der Waals surface area contributed by atoms with Crippen molar-refractivity contribution in [1.29, 1.82) is 0 Å². The number of anilines is 2. The molecule has 200 valence electrons. The molecule has 1 amide bonds. The summed E-state index contributed by atoms with van der Waals surface area (Å²) in [5.41, 5.74) is 7.92. The lowest BCUT2D eigenvalue weighted by Gasteiger charge is -2.29. The first-order valence-corrected chi connectivity index (χ1v) is 13.2. The van der Waals surface area contributed by atoms with Crippen LogP contribution in [0.25, 0.3) is 5.82 Å². The summed E-state index contributed by atoms with van der Waals surface area (Å²) in [6.45, 7) is 8.28. The number of hydrogen-bond donors (Lipinski definition) is 2. The Morgan fingerprint density at radius 3 is 2.51 bits per heavy atom. The minimum absolute atomic E-state index is 0.000511. The molecule has 9 heteroatoms. The van der Waals surface area contributed by atoms with Crippen LogP contribution < -0.4 is 15.5 Å². The molecule has 5 rings (SSSR count). The van der Waals surface area contributed by atoms with E-state index in [0.29, 0.717) is 5.11 Å². The van der Waals surface area contributed by atoms with Crippen LogP contribution in [0.1, 0.15) is 45.9 Å². The number of nitrogens with zero attached hydrogens (tertiary/aromatic N) is 4. The number of aryl methyl sites for hydroxylation is 3. The molecule has 1 aromatic carbocycles. The van der Waals surface area contributed by atoms with Gasteiger partial charge in [0.25, 0.3) is 0 Å². The number of pyridine rings is 2. The standard InChI is InChI=1S/C30H32N6O2S/c1-18-9-8-14-32-29(18)35-20(3)16-23(21(35)4)28-27(25-10-6-7-13-31-25)34-30(39)36(28)22-11-12-24(19(2)15-22)33-26(37)17-38-5/h6-16,27-28H,17H2,1-5H3,(H,33,37)(H,34,39)/t27-,28-/m0/s1. The fraction of sp³-hybridized carbons (Fsp3) is 0.267. The quantitative estimate of drug-likeness (QED) is 0.309. The molecule has 1 saturated heterocycles. The molecular weight excluding hydrogens is 508 g/mol. The first-order chi connectivity index (χ1) is 18.8. The van der Waals surface area contributed by atoms with Gasteiger partial charge < -0.3 is 24.8 Å². The van der Waals surface area contributed by atoms with E-state index < -0.39 is 0 Å². The minimum atomic E-state index is -0.197. The zero-order valence-electron chi connectivity index (χ0n) is 22.7. The molecule has 2 N–H and O–H groups in total. The van der Waals surface area contributed by atoms with Gasteiger partial charge in [-0.15, -0.1) is 0 Å². The Labute approximate surface area is 234 Å². The zero-order chi connectivity index (χ0) is 27.7. The third kappa shape index (κ3) is 5.03. The monoisotopic (exact) mass is 540 g/mol. The Kier molecular flexibility index (Phi) is 7.45. The summed E-state index contributed by atoms with van der Waals surface area (Å²) in [5.74, 6) is 0.720. The second kappa shape index (κ2) is 11.0. The van der Waals surface area contributed by atoms with Gasteiger partial charge in [-0.2, -0.15) is 0 Å². The number of benzene rings is 1. The maximum atomic E-state index is 12.1. The van der Waals surface area contributed by atoms with Crippen molar-refractivity contribution in [3.8, 4) is 5.82 Å². The van der Waals surface area contributed by atoms with Gasteiger partial charge in [0.1, 0.15) is 12.4 Å². The molecule has 0 saturated carbocycles. The summed E-state index contributed by atoms with van der Waals surface area (Å²) >= 11 is 5.94. The van der Waals surface area contributed by atoms with Crippen LogP contribution in [0.2, 0.25) is 0 Å². The topological polar surface area (TPSA) is 84.3 Å². The average Bonchev–Trinajstić information content (AvgIpc) is 3.41. The first-order valence-electron chi connectivity index (χ1n) is 12.8. The van der Waals surface area contributed by atoms with Crippen LogP contribution in [0.15, 0.2) is 67.0 Å². The molecule has 0 radical (unpaired) electrons. The molecule has 1 fully saturated rings. The smallest absolute Gasteiger partial charge is 0.250 e. The lowest BCUT2D eigenvalue weighted by atomic mass is 9.96. The summed E-state index contributed by atoms with van der Waals surface area (Å²) in [6.07, 6.45) is 3.63. The van der Waals surface area contributed by atoms with Crippen LogP contribution in [0.4, 0.5) is 11.4 Å². The van der Waals surface area contributed by atoms with Crippen molar-refractivity contribution < 1.29 is 9.53 Å². The second-order valence-electron chi connectivity index (χ2n) is 9.78. The first kappa shape index (κ1) is 26.5. The van der Waals surface area contributed by atoms with Gasteiger partial charge in [-0.05, 0) is 99.1 Å². The molecule has 3 aromatic heterocycles. The van der Waals surface area contributed by atoms with E-state index in [0.717, 1.165) is 51.0 Å². The molecule has 4 heterocycles. The molecule has 8 nitrogen and oxygen atoms in total. The summed E-state index contributed by atoms with van der Waals surface area (Å²) in [6, 6.07) is 17.8. The fourth-order valence-corrected chi connectivity index (χ4v) is 5.67. The maximum Gasteiger partial charge on any atom is 0.250 e. The Hall–Kier alpha value is -4.08. The summed E-state index contributed by atoms with van der Waals surface area (Å²) < 4.78 is 7.16. The van der Waals surface area contributed by atoms with E-state index >= 15 is 0 Å². The summed E-state index contributed by atoms with van der Waals surface area (Å²) in [4.78, 5) is 23.6. The molecule has 4 aromatic rings. The van der Waals surface area contributed by atoms with E-state index in [9.17, 15) is 4.79 Å². The minimum Gasteiger partial charge on any atom is -0.375 e. The molecule has 1 aliphatic rings. The van der Waals surface area contributed by atoms with Gasteiger partial charge in [0, 0.05) is 42.3 Å². The molecule has 0 bridgehead atoms.